The zero-order chi connectivity index (χ0) is 14.3. The fraction of sp³-hybridized carbons (Fsp3) is 0.125. The minimum atomic E-state index is -0.630. The SMILES string of the molecule is CC1=CC2C(=[O+]C(=O)/C2=C(/[O-])c2ccc(F)cc2)C=C1. The number of carbonyl (C=O) groups is 1. The summed E-state index contributed by atoms with van der Waals surface area (Å²) in [7, 11) is 0. The molecule has 1 aromatic carbocycles. The van der Waals surface area contributed by atoms with Crippen LogP contribution in [0.15, 0.2) is 53.6 Å². The van der Waals surface area contributed by atoms with Crippen LogP contribution in [0.25, 0.3) is 5.76 Å². The molecule has 1 aliphatic carbocycles. The molecule has 3 rings (SSSR count). The van der Waals surface area contributed by atoms with Crippen LogP contribution in [0.2, 0.25) is 0 Å². The molecule has 0 amide bonds. The summed E-state index contributed by atoms with van der Waals surface area (Å²) in [6.45, 7) is 1.88. The van der Waals surface area contributed by atoms with Gasteiger partial charge in [0.1, 0.15) is 17.3 Å². The number of ketones is 1. The molecular formula is C16H11FO3. The van der Waals surface area contributed by atoms with Crippen LogP contribution in [0.3, 0.4) is 0 Å². The molecule has 1 unspecified atom stereocenters. The molecule has 4 heteroatoms. The van der Waals surface area contributed by atoms with Crippen LogP contribution in [0, 0.1) is 11.7 Å². The number of benzene rings is 1. The monoisotopic (exact) mass is 270 g/mol. The van der Waals surface area contributed by atoms with Gasteiger partial charge in [-0.05, 0) is 24.6 Å². The Kier molecular flexibility index (Phi) is 2.86. The first-order valence-corrected chi connectivity index (χ1v) is 6.19. The summed E-state index contributed by atoms with van der Waals surface area (Å²) in [6.07, 6.45) is 5.34. The Morgan fingerprint density at radius 3 is 2.65 bits per heavy atom. The molecule has 0 N–H and O–H groups in total. The maximum absolute atomic E-state index is 12.9. The van der Waals surface area contributed by atoms with Gasteiger partial charge in [0.25, 0.3) is 0 Å². The van der Waals surface area contributed by atoms with Gasteiger partial charge in [0, 0.05) is 6.08 Å². The van der Waals surface area contributed by atoms with Gasteiger partial charge in [-0.1, -0.05) is 35.6 Å². The summed E-state index contributed by atoms with van der Waals surface area (Å²) in [5, 5.41) is 12.4. The summed E-state index contributed by atoms with van der Waals surface area (Å²) in [6, 6.07) is 5.12. The molecule has 0 aromatic heterocycles. The quantitative estimate of drug-likeness (QED) is 0.443. The van der Waals surface area contributed by atoms with E-state index in [1.165, 1.54) is 24.3 Å². The van der Waals surface area contributed by atoms with E-state index in [2.05, 4.69) is 0 Å². The average Bonchev–Trinajstić information content (AvgIpc) is 2.74. The molecular weight excluding hydrogens is 259 g/mol. The van der Waals surface area contributed by atoms with Gasteiger partial charge in [-0.2, -0.15) is 0 Å². The zero-order valence-electron chi connectivity index (χ0n) is 10.7. The molecule has 0 radical (unpaired) electrons. The van der Waals surface area contributed by atoms with Crippen LogP contribution in [0.1, 0.15) is 12.5 Å². The molecule has 0 bridgehead atoms. The number of hydrogen-bond acceptors (Lipinski definition) is 2. The Morgan fingerprint density at radius 2 is 1.95 bits per heavy atom. The van der Waals surface area contributed by atoms with Gasteiger partial charge < -0.3 is 5.11 Å². The van der Waals surface area contributed by atoms with Crippen LogP contribution in [0.4, 0.5) is 4.39 Å². The van der Waals surface area contributed by atoms with Gasteiger partial charge in [-0.25, -0.2) is 4.39 Å². The van der Waals surface area contributed by atoms with Crippen molar-refractivity contribution in [3.63, 3.8) is 0 Å². The van der Waals surface area contributed by atoms with Crippen molar-refractivity contribution < 1.29 is 18.7 Å². The van der Waals surface area contributed by atoms with Crippen molar-refractivity contribution in [3.8, 4) is 0 Å². The normalized spacial score (nSPS) is 23.3. The lowest BCUT2D eigenvalue weighted by molar-refractivity contribution is -0.367. The third-order valence-corrected chi connectivity index (χ3v) is 3.34. The predicted octanol–water partition coefficient (Wildman–Crippen LogP) is 1.67. The lowest BCUT2D eigenvalue weighted by atomic mass is 9.88. The van der Waals surface area contributed by atoms with E-state index in [9.17, 15) is 14.3 Å². The van der Waals surface area contributed by atoms with Gasteiger partial charge >= 0.3 is 5.97 Å². The van der Waals surface area contributed by atoms with Crippen molar-refractivity contribution in [2.75, 3.05) is 0 Å². The van der Waals surface area contributed by atoms with Gasteiger partial charge in [0.15, 0.2) is 0 Å². The van der Waals surface area contributed by atoms with Crippen LogP contribution in [-0.2, 0) is 9.22 Å². The summed E-state index contributed by atoms with van der Waals surface area (Å²) in [4.78, 5) is 11.9. The molecule has 1 heterocycles. The highest BCUT2D eigenvalue weighted by molar-refractivity contribution is 6.13. The van der Waals surface area contributed by atoms with E-state index in [0.29, 0.717) is 5.78 Å². The Bertz CT molecular complexity index is 706. The maximum Gasteiger partial charge on any atom is 0.609 e. The number of carbonyl (C=O) groups excluding carboxylic acids is 2. The second-order valence-corrected chi connectivity index (χ2v) is 4.76. The third-order valence-electron chi connectivity index (χ3n) is 3.34. The smallest absolute Gasteiger partial charge is 0.609 e. The summed E-state index contributed by atoms with van der Waals surface area (Å²) in [5.74, 6) is -1.45. The van der Waals surface area contributed by atoms with Crippen molar-refractivity contribution in [3.05, 3.63) is 65.0 Å². The molecule has 1 aliphatic heterocycles. The van der Waals surface area contributed by atoms with E-state index >= 15 is 0 Å². The largest absolute Gasteiger partial charge is 0.872 e. The molecule has 1 atom stereocenters. The van der Waals surface area contributed by atoms with Crippen molar-refractivity contribution in [1.29, 1.82) is 0 Å². The Morgan fingerprint density at radius 1 is 1.25 bits per heavy atom. The van der Waals surface area contributed by atoms with E-state index in [0.717, 1.165) is 5.57 Å². The van der Waals surface area contributed by atoms with Gasteiger partial charge in [0.2, 0.25) is 5.78 Å². The zero-order valence-corrected chi connectivity index (χ0v) is 10.7. The number of allylic oxidation sites excluding steroid dienone is 4. The van der Waals surface area contributed by atoms with Crippen molar-refractivity contribution in [1.82, 2.24) is 0 Å². The first-order valence-electron chi connectivity index (χ1n) is 6.19. The average molecular weight is 270 g/mol. The molecule has 0 fully saturated rings. The van der Waals surface area contributed by atoms with Gasteiger partial charge in [-0.15, -0.1) is 0 Å². The molecule has 1 aromatic rings. The van der Waals surface area contributed by atoms with Crippen LogP contribution < -0.4 is 5.11 Å². The molecule has 3 nitrogen and oxygen atoms in total. The first-order chi connectivity index (χ1) is 9.56. The fourth-order valence-electron chi connectivity index (χ4n) is 2.32. The van der Waals surface area contributed by atoms with E-state index in [1.807, 2.05) is 19.1 Å². The van der Waals surface area contributed by atoms with Crippen LogP contribution in [-0.4, -0.2) is 11.8 Å². The van der Waals surface area contributed by atoms with E-state index < -0.39 is 23.5 Å². The molecule has 2 aliphatic rings. The number of rotatable bonds is 1. The third kappa shape index (κ3) is 1.99. The highest BCUT2D eigenvalue weighted by Crippen LogP contribution is 2.30. The van der Waals surface area contributed by atoms with Gasteiger partial charge in [-0.3, -0.25) is 4.42 Å². The molecule has 20 heavy (non-hydrogen) atoms. The van der Waals surface area contributed by atoms with Gasteiger partial charge in [0.05, 0.1) is 4.79 Å². The second kappa shape index (κ2) is 4.56. The lowest BCUT2D eigenvalue weighted by Crippen LogP contribution is -2.17. The standard InChI is InChI=1S/C16H11FO3/c1-9-2-7-13-12(8-9)14(16(19)20-13)15(18)10-3-5-11(17)6-4-10/h2-8,12H,1H3. The molecule has 0 spiro atoms. The minimum Gasteiger partial charge on any atom is -0.872 e. The number of halogens is 1. The Hall–Kier alpha value is -2.49. The van der Waals surface area contributed by atoms with Crippen LogP contribution in [0.5, 0.6) is 0 Å². The highest BCUT2D eigenvalue weighted by atomic mass is 19.1. The molecule has 0 saturated heterocycles. The predicted molar refractivity (Wildman–Crippen MR) is 69.7 cm³/mol. The minimum absolute atomic E-state index is 0.0790. The molecule has 100 valence electrons. The Labute approximate surface area is 115 Å². The van der Waals surface area contributed by atoms with Crippen molar-refractivity contribution >= 4 is 17.5 Å². The topological polar surface area (TPSA) is 51.4 Å². The summed E-state index contributed by atoms with van der Waals surface area (Å²) >= 11 is 0. The number of hydrogen-bond donors (Lipinski definition) is 0. The Balaban J connectivity index is 2.09. The maximum atomic E-state index is 12.9. The summed E-state index contributed by atoms with van der Waals surface area (Å²) in [5.41, 5.74) is 1.32. The second-order valence-electron chi connectivity index (χ2n) is 4.76. The molecule has 0 saturated carbocycles. The van der Waals surface area contributed by atoms with Crippen molar-refractivity contribution in [2.45, 2.75) is 6.92 Å². The number of fused-ring (bicyclic) bond motifs is 1. The van der Waals surface area contributed by atoms with E-state index in [4.69, 9.17) is 4.42 Å². The first kappa shape index (κ1) is 12.5. The van der Waals surface area contributed by atoms with E-state index in [1.54, 1.807) is 6.08 Å². The van der Waals surface area contributed by atoms with Crippen molar-refractivity contribution in [2.24, 2.45) is 5.92 Å². The summed E-state index contributed by atoms with van der Waals surface area (Å²) < 4.78 is 18.0. The lowest BCUT2D eigenvalue weighted by Gasteiger charge is -2.16. The fourth-order valence-corrected chi connectivity index (χ4v) is 2.32. The van der Waals surface area contributed by atoms with E-state index in [-0.39, 0.29) is 11.1 Å². The highest BCUT2D eigenvalue weighted by Gasteiger charge is 2.43. The van der Waals surface area contributed by atoms with Crippen LogP contribution >= 0.6 is 0 Å².